The standard InChI is InChI=1S/C16H12ClN3OS2/c17-13(8-12-6-7-22-10-12)15-19-20-16(23-15)14(21)18-9-11-4-2-1-3-5-11/h1-8,10H,9H2,(H,18,21)/b13-8-. The fourth-order valence-corrected chi connectivity index (χ4v) is 3.40. The van der Waals surface area contributed by atoms with E-state index in [9.17, 15) is 4.79 Å². The summed E-state index contributed by atoms with van der Waals surface area (Å²) in [6, 6.07) is 11.7. The molecular weight excluding hydrogens is 350 g/mol. The van der Waals surface area contributed by atoms with E-state index in [2.05, 4.69) is 15.5 Å². The zero-order chi connectivity index (χ0) is 16.1. The van der Waals surface area contributed by atoms with Gasteiger partial charge in [0.25, 0.3) is 5.91 Å². The Morgan fingerprint density at radius 2 is 1.96 bits per heavy atom. The number of carbonyl (C=O) groups is 1. The minimum atomic E-state index is -0.252. The number of rotatable bonds is 5. The Morgan fingerprint density at radius 1 is 1.17 bits per heavy atom. The lowest BCUT2D eigenvalue weighted by molar-refractivity contribution is 0.0950. The molecule has 1 aromatic carbocycles. The molecule has 23 heavy (non-hydrogen) atoms. The van der Waals surface area contributed by atoms with Crippen LogP contribution in [-0.2, 0) is 6.54 Å². The van der Waals surface area contributed by atoms with Gasteiger partial charge in [-0.2, -0.15) is 11.3 Å². The van der Waals surface area contributed by atoms with Crippen molar-refractivity contribution in [2.45, 2.75) is 6.54 Å². The molecule has 2 aromatic heterocycles. The van der Waals surface area contributed by atoms with Gasteiger partial charge in [0.05, 0.1) is 5.03 Å². The summed E-state index contributed by atoms with van der Waals surface area (Å²) in [6.07, 6.45) is 1.81. The SMILES string of the molecule is O=C(NCc1ccccc1)c1nnc(/C(Cl)=C/c2ccsc2)s1. The molecule has 0 bridgehead atoms. The van der Waals surface area contributed by atoms with E-state index < -0.39 is 0 Å². The first-order valence-electron chi connectivity index (χ1n) is 6.78. The molecule has 0 saturated heterocycles. The van der Waals surface area contributed by atoms with Crippen LogP contribution >= 0.6 is 34.3 Å². The highest BCUT2D eigenvalue weighted by Crippen LogP contribution is 2.25. The summed E-state index contributed by atoms with van der Waals surface area (Å²) < 4.78 is 0. The highest BCUT2D eigenvalue weighted by molar-refractivity contribution is 7.15. The molecule has 116 valence electrons. The number of carbonyl (C=O) groups excluding carboxylic acids is 1. The fraction of sp³-hybridized carbons (Fsp3) is 0.0625. The maximum Gasteiger partial charge on any atom is 0.282 e. The lowest BCUT2D eigenvalue weighted by atomic mass is 10.2. The summed E-state index contributed by atoms with van der Waals surface area (Å²) in [7, 11) is 0. The molecule has 3 aromatic rings. The van der Waals surface area contributed by atoms with Crippen molar-refractivity contribution in [3.63, 3.8) is 0 Å². The van der Waals surface area contributed by atoms with Crippen LogP contribution in [0, 0.1) is 0 Å². The van der Waals surface area contributed by atoms with Crippen LogP contribution in [0.4, 0.5) is 0 Å². The molecule has 0 aliphatic rings. The molecule has 7 heteroatoms. The topological polar surface area (TPSA) is 54.9 Å². The van der Waals surface area contributed by atoms with E-state index in [1.54, 1.807) is 11.3 Å². The van der Waals surface area contributed by atoms with Crippen molar-refractivity contribution >= 4 is 51.3 Å². The Kier molecular flexibility index (Phi) is 5.17. The first-order valence-corrected chi connectivity index (χ1v) is 8.91. The zero-order valence-electron chi connectivity index (χ0n) is 11.9. The van der Waals surface area contributed by atoms with Crippen molar-refractivity contribution in [1.82, 2.24) is 15.5 Å². The third-order valence-corrected chi connectivity index (χ3v) is 5.01. The number of halogens is 1. The highest BCUT2D eigenvalue weighted by Gasteiger charge is 2.14. The smallest absolute Gasteiger partial charge is 0.282 e. The van der Waals surface area contributed by atoms with Crippen molar-refractivity contribution < 1.29 is 4.79 Å². The van der Waals surface area contributed by atoms with E-state index in [-0.39, 0.29) is 5.91 Å². The molecule has 2 heterocycles. The van der Waals surface area contributed by atoms with Gasteiger partial charge in [0, 0.05) is 6.54 Å². The third kappa shape index (κ3) is 4.25. The quantitative estimate of drug-likeness (QED) is 0.738. The second kappa shape index (κ2) is 7.50. The van der Waals surface area contributed by atoms with Gasteiger partial charge < -0.3 is 5.32 Å². The van der Waals surface area contributed by atoms with Gasteiger partial charge in [0.1, 0.15) is 0 Å². The largest absolute Gasteiger partial charge is 0.346 e. The van der Waals surface area contributed by atoms with Crippen molar-refractivity contribution in [2.24, 2.45) is 0 Å². The number of thiophene rings is 1. The molecule has 0 aliphatic heterocycles. The molecule has 1 N–H and O–H groups in total. The molecule has 0 spiro atoms. The highest BCUT2D eigenvalue weighted by atomic mass is 35.5. The van der Waals surface area contributed by atoms with Crippen LogP contribution in [0.25, 0.3) is 11.1 Å². The van der Waals surface area contributed by atoms with Crippen LogP contribution in [0.3, 0.4) is 0 Å². The van der Waals surface area contributed by atoms with Crippen molar-refractivity contribution in [3.05, 3.63) is 68.3 Å². The molecule has 1 amide bonds. The second-order valence-electron chi connectivity index (χ2n) is 4.63. The third-order valence-electron chi connectivity index (χ3n) is 2.96. The van der Waals surface area contributed by atoms with Gasteiger partial charge >= 0.3 is 0 Å². The van der Waals surface area contributed by atoms with E-state index in [0.717, 1.165) is 11.1 Å². The van der Waals surface area contributed by atoms with Crippen molar-refractivity contribution in [2.75, 3.05) is 0 Å². The summed E-state index contributed by atoms with van der Waals surface area (Å²) in [5.41, 5.74) is 2.03. The van der Waals surface area contributed by atoms with Crippen LogP contribution in [-0.4, -0.2) is 16.1 Å². The van der Waals surface area contributed by atoms with Crippen LogP contribution < -0.4 is 5.32 Å². The molecule has 0 saturated carbocycles. The molecule has 3 rings (SSSR count). The number of benzene rings is 1. The van der Waals surface area contributed by atoms with Crippen LogP contribution in [0.2, 0.25) is 0 Å². The predicted octanol–water partition coefficient (Wildman–Crippen LogP) is 4.27. The average molecular weight is 362 g/mol. The molecule has 0 radical (unpaired) electrons. The zero-order valence-corrected chi connectivity index (χ0v) is 14.3. The van der Waals surface area contributed by atoms with E-state index in [1.807, 2.05) is 53.2 Å². The maximum absolute atomic E-state index is 12.1. The average Bonchev–Trinajstić information content (AvgIpc) is 3.25. The summed E-state index contributed by atoms with van der Waals surface area (Å²) in [5, 5.41) is 16.0. The van der Waals surface area contributed by atoms with Crippen LogP contribution in [0.15, 0.2) is 47.2 Å². The molecule has 0 aliphatic carbocycles. The van der Waals surface area contributed by atoms with Gasteiger partial charge in [-0.1, -0.05) is 53.3 Å². The Bertz CT molecular complexity index is 813. The number of amides is 1. The lowest BCUT2D eigenvalue weighted by Crippen LogP contribution is -2.22. The maximum atomic E-state index is 12.1. The second-order valence-corrected chi connectivity index (χ2v) is 6.79. The van der Waals surface area contributed by atoms with E-state index in [0.29, 0.717) is 21.6 Å². The Morgan fingerprint density at radius 3 is 2.70 bits per heavy atom. The normalized spacial score (nSPS) is 11.4. The minimum Gasteiger partial charge on any atom is -0.346 e. The first-order chi connectivity index (χ1) is 11.2. The van der Waals surface area contributed by atoms with E-state index in [4.69, 9.17) is 11.6 Å². The molecule has 0 atom stereocenters. The first kappa shape index (κ1) is 15.9. The number of hydrogen-bond acceptors (Lipinski definition) is 5. The molecule has 4 nitrogen and oxygen atoms in total. The molecule has 0 unspecified atom stereocenters. The van der Waals surface area contributed by atoms with Gasteiger partial charge in [-0.3, -0.25) is 4.79 Å². The van der Waals surface area contributed by atoms with Crippen LogP contribution in [0.5, 0.6) is 0 Å². The number of nitrogens with one attached hydrogen (secondary N) is 1. The van der Waals surface area contributed by atoms with Crippen molar-refractivity contribution in [3.8, 4) is 0 Å². The van der Waals surface area contributed by atoms with Crippen molar-refractivity contribution in [1.29, 1.82) is 0 Å². The van der Waals surface area contributed by atoms with Gasteiger partial charge in [-0.05, 0) is 34.0 Å². The van der Waals surface area contributed by atoms with E-state index >= 15 is 0 Å². The number of aromatic nitrogens is 2. The summed E-state index contributed by atoms with van der Waals surface area (Å²) in [4.78, 5) is 12.1. The lowest BCUT2D eigenvalue weighted by Gasteiger charge is -2.01. The Balaban J connectivity index is 1.65. The van der Waals surface area contributed by atoms with Gasteiger partial charge in [0.2, 0.25) is 5.01 Å². The fourth-order valence-electron chi connectivity index (χ4n) is 1.83. The predicted molar refractivity (Wildman–Crippen MR) is 95.6 cm³/mol. The Hall–Kier alpha value is -2.02. The summed E-state index contributed by atoms with van der Waals surface area (Å²) in [5.74, 6) is -0.252. The van der Waals surface area contributed by atoms with Gasteiger partial charge in [-0.25, -0.2) is 0 Å². The van der Waals surface area contributed by atoms with E-state index in [1.165, 1.54) is 11.3 Å². The van der Waals surface area contributed by atoms with Gasteiger partial charge in [-0.15, -0.1) is 10.2 Å². The summed E-state index contributed by atoms with van der Waals surface area (Å²) >= 11 is 9.00. The Labute approximate surface area is 146 Å². The minimum absolute atomic E-state index is 0.252. The monoisotopic (exact) mass is 361 g/mol. The summed E-state index contributed by atoms with van der Waals surface area (Å²) in [6.45, 7) is 0.451. The molecule has 0 fully saturated rings. The van der Waals surface area contributed by atoms with Gasteiger partial charge in [0.15, 0.2) is 5.01 Å². The number of hydrogen-bond donors (Lipinski definition) is 1. The number of nitrogens with zero attached hydrogens (tertiary/aromatic N) is 2. The molecular formula is C16H12ClN3OS2. The van der Waals surface area contributed by atoms with Crippen LogP contribution in [0.1, 0.15) is 25.9 Å².